The van der Waals surface area contributed by atoms with Crippen molar-refractivity contribution < 1.29 is 36.4 Å². The molecule has 0 saturated carbocycles. The molecule has 0 aromatic heterocycles. The van der Waals surface area contributed by atoms with E-state index in [0.717, 1.165) is 0 Å². The van der Waals surface area contributed by atoms with Gasteiger partial charge in [0.2, 0.25) is 0 Å². The van der Waals surface area contributed by atoms with Crippen LogP contribution in [0.1, 0.15) is 0 Å². The zero-order valence-electron chi connectivity index (χ0n) is 19.6. The Kier molecular flexibility index (Phi) is 14.9. The fourth-order valence-corrected chi connectivity index (χ4v) is 2.98. The van der Waals surface area contributed by atoms with Crippen LogP contribution in [0.3, 0.4) is 0 Å². The van der Waals surface area contributed by atoms with Gasteiger partial charge in [-0.25, -0.2) is 0 Å². The van der Waals surface area contributed by atoms with E-state index >= 15 is 0 Å². The number of benzene rings is 4. The molecule has 0 aliphatic heterocycles. The first-order valence-corrected chi connectivity index (χ1v) is 10.9. The van der Waals surface area contributed by atoms with E-state index in [0.29, 0.717) is 0 Å². The summed E-state index contributed by atoms with van der Waals surface area (Å²) in [5, 5.41) is 25.9. The standard InChI is InChI=1S/2C9H7.2C6H6O.C2H4.Zr/c2*1-2-5-9-7-3-6-8(9)4-1;2*7-6-4-2-1-3-5-6;1-2;/h2*1-7H;2*1-5,7H;1-2H2;/q2*-1;;;;+4/p-2. The first-order chi connectivity index (χ1) is 16.7. The predicted octanol–water partition coefficient (Wildman–Crippen LogP) is 7.44. The summed E-state index contributed by atoms with van der Waals surface area (Å²) >= 11 is 0. The van der Waals surface area contributed by atoms with Crippen LogP contribution < -0.4 is 10.2 Å². The zero-order valence-corrected chi connectivity index (χ0v) is 22.0. The molecule has 0 atom stereocenters. The third kappa shape index (κ3) is 11.3. The monoisotopic (exact) mass is 534 g/mol. The van der Waals surface area contributed by atoms with Gasteiger partial charge in [0.25, 0.3) is 0 Å². The van der Waals surface area contributed by atoms with Crippen molar-refractivity contribution in [1.82, 2.24) is 0 Å². The maximum Gasteiger partial charge on any atom is 4.00 e. The Hall–Kier alpha value is -3.68. The van der Waals surface area contributed by atoms with Gasteiger partial charge in [-0.15, -0.1) is 84.0 Å². The van der Waals surface area contributed by atoms with E-state index in [-0.39, 0.29) is 37.7 Å². The predicted molar refractivity (Wildman–Crippen MR) is 142 cm³/mol. The minimum Gasteiger partial charge on any atom is -0.872 e. The number of para-hydroxylation sites is 2. The molecular weight excluding hydrogens is 508 g/mol. The van der Waals surface area contributed by atoms with Gasteiger partial charge in [0.1, 0.15) is 0 Å². The van der Waals surface area contributed by atoms with Crippen molar-refractivity contribution in [3.05, 3.63) is 159 Å². The average Bonchev–Trinajstić information content (AvgIpc) is 3.57. The van der Waals surface area contributed by atoms with Gasteiger partial charge in [0, 0.05) is 0 Å². The molecule has 0 spiro atoms. The van der Waals surface area contributed by atoms with Gasteiger partial charge in [-0.1, -0.05) is 72.8 Å². The maximum absolute atomic E-state index is 10.3. The molecule has 0 fully saturated rings. The first kappa shape index (κ1) is 29.4. The number of fused-ring (bicyclic) bond motifs is 2. The van der Waals surface area contributed by atoms with Crippen molar-refractivity contribution in [3.8, 4) is 11.5 Å². The Labute approximate surface area is 227 Å². The third-order valence-corrected chi connectivity index (χ3v) is 4.58. The fraction of sp³-hybridized carbons (Fsp3) is 0. The van der Waals surface area contributed by atoms with Crippen LogP contribution in [-0.4, -0.2) is 0 Å². The van der Waals surface area contributed by atoms with Crippen LogP contribution in [0.25, 0.3) is 21.5 Å². The van der Waals surface area contributed by atoms with Gasteiger partial charge >= 0.3 is 26.2 Å². The van der Waals surface area contributed by atoms with Crippen molar-refractivity contribution in [2.24, 2.45) is 0 Å². The molecule has 0 radical (unpaired) electrons. The normalized spacial score (nSPS) is 8.80. The van der Waals surface area contributed by atoms with Crippen molar-refractivity contribution in [2.45, 2.75) is 0 Å². The summed E-state index contributed by atoms with van der Waals surface area (Å²) < 4.78 is 0. The number of rotatable bonds is 0. The molecule has 0 N–H and O–H groups in total. The molecule has 0 aliphatic carbocycles. The third-order valence-electron chi connectivity index (χ3n) is 4.58. The van der Waals surface area contributed by atoms with E-state index in [1.807, 2.05) is 12.1 Å². The number of hydrogen-bond donors (Lipinski definition) is 0. The summed E-state index contributed by atoms with van der Waals surface area (Å²) in [6.45, 7) is 6.00. The Bertz CT molecular complexity index is 1140. The molecule has 0 heterocycles. The van der Waals surface area contributed by atoms with E-state index in [2.05, 4.69) is 98.1 Å². The Balaban J connectivity index is 0.000000227. The molecule has 6 rings (SSSR count). The molecule has 0 amide bonds. The fourth-order valence-electron chi connectivity index (χ4n) is 2.98. The minimum atomic E-state index is 0. The van der Waals surface area contributed by atoms with E-state index < -0.39 is 0 Å². The van der Waals surface area contributed by atoms with Gasteiger partial charge in [0.15, 0.2) is 0 Å². The summed E-state index contributed by atoms with van der Waals surface area (Å²) in [7, 11) is 0. The molecule has 35 heavy (non-hydrogen) atoms. The van der Waals surface area contributed by atoms with Crippen LogP contribution in [0.5, 0.6) is 11.5 Å². The molecule has 6 aromatic rings. The van der Waals surface area contributed by atoms with Crippen LogP contribution >= 0.6 is 0 Å². The molecule has 0 unspecified atom stereocenters. The largest absolute Gasteiger partial charge is 4.00 e. The van der Waals surface area contributed by atoms with Crippen LogP contribution in [0.4, 0.5) is 0 Å². The zero-order chi connectivity index (χ0) is 24.4. The Morgan fingerprint density at radius 3 is 1.03 bits per heavy atom. The second kappa shape index (κ2) is 17.8. The molecule has 0 aliphatic rings. The summed E-state index contributed by atoms with van der Waals surface area (Å²) in [5.74, 6) is 0.144. The van der Waals surface area contributed by atoms with Gasteiger partial charge in [-0.2, -0.15) is 35.0 Å². The van der Waals surface area contributed by atoms with E-state index in [9.17, 15) is 10.2 Å². The average molecular weight is 536 g/mol. The molecular formula is C32H28O2Zr. The van der Waals surface area contributed by atoms with Crippen LogP contribution in [-0.2, 0) is 26.2 Å². The van der Waals surface area contributed by atoms with Crippen molar-refractivity contribution in [3.63, 3.8) is 0 Å². The van der Waals surface area contributed by atoms with Crippen molar-refractivity contribution >= 4 is 21.5 Å². The van der Waals surface area contributed by atoms with Crippen molar-refractivity contribution in [2.75, 3.05) is 0 Å². The summed E-state index contributed by atoms with van der Waals surface area (Å²) in [5.41, 5.74) is 0. The topological polar surface area (TPSA) is 46.1 Å². The summed E-state index contributed by atoms with van der Waals surface area (Å²) in [6.07, 6.45) is 0. The van der Waals surface area contributed by atoms with Crippen molar-refractivity contribution in [1.29, 1.82) is 0 Å². The van der Waals surface area contributed by atoms with Crippen LogP contribution in [0.15, 0.2) is 159 Å². The van der Waals surface area contributed by atoms with Gasteiger partial charge in [0.05, 0.1) is 0 Å². The van der Waals surface area contributed by atoms with Gasteiger partial charge < -0.3 is 10.2 Å². The molecule has 6 aromatic carbocycles. The smallest absolute Gasteiger partial charge is 0.872 e. The Morgan fingerprint density at radius 1 is 0.429 bits per heavy atom. The molecule has 3 heteroatoms. The van der Waals surface area contributed by atoms with Crippen LogP contribution in [0.2, 0.25) is 0 Å². The van der Waals surface area contributed by atoms with E-state index in [1.54, 1.807) is 24.3 Å². The summed E-state index contributed by atoms with van der Waals surface area (Å²) in [4.78, 5) is 0. The Morgan fingerprint density at radius 2 is 0.743 bits per heavy atom. The minimum absolute atomic E-state index is 0. The van der Waals surface area contributed by atoms with E-state index in [4.69, 9.17) is 0 Å². The van der Waals surface area contributed by atoms with Gasteiger partial charge in [-0.3, -0.25) is 0 Å². The van der Waals surface area contributed by atoms with Crippen LogP contribution in [0, 0.1) is 0 Å². The molecule has 2 nitrogen and oxygen atoms in total. The molecule has 172 valence electrons. The van der Waals surface area contributed by atoms with Gasteiger partial charge in [-0.05, 0) is 0 Å². The second-order valence-electron chi connectivity index (χ2n) is 6.94. The van der Waals surface area contributed by atoms with E-state index in [1.165, 1.54) is 45.8 Å². The number of hydrogen-bond acceptors (Lipinski definition) is 2. The summed E-state index contributed by atoms with van der Waals surface area (Å²) in [6, 6.07) is 46.0. The molecule has 0 bridgehead atoms. The first-order valence-electron chi connectivity index (χ1n) is 10.9. The maximum atomic E-state index is 10.3. The SMILES string of the molecule is C=C.[O-]c1ccccc1.[O-]c1ccccc1.[Zr+4].c1ccc2[cH-]ccc2c1.c1ccc2[cH-]ccc2c1. The quantitative estimate of drug-likeness (QED) is 0.150. The second-order valence-corrected chi connectivity index (χ2v) is 6.94. The molecule has 0 saturated heterocycles.